The van der Waals surface area contributed by atoms with Gasteiger partial charge < -0.3 is 10.2 Å². The Bertz CT molecular complexity index is 617. The molecule has 22 heavy (non-hydrogen) atoms. The van der Waals surface area contributed by atoms with Crippen molar-refractivity contribution in [3.63, 3.8) is 0 Å². The van der Waals surface area contributed by atoms with Gasteiger partial charge in [0.25, 0.3) is 0 Å². The van der Waals surface area contributed by atoms with E-state index in [1.807, 2.05) is 36.4 Å². The van der Waals surface area contributed by atoms with Crippen molar-refractivity contribution in [3.8, 4) is 0 Å². The van der Waals surface area contributed by atoms with Crippen LogP contribution in [0.3, 0.4) is 0 Å². The molecule has 4 nitrogen and oxygen atoms in total. The third-order valence-corrected chi connectivity index (χ3v) is 3.78. The van der Waals surface area contributed by atoms with E-state index in [1.165, 1.54) is 0 Å². The molecule has 2 aromatic carbocycles. The molecule has 0 unspecified atom stereocenters. The minimum Gasteiger partial charge on any atom is -0.481 e. The zero-order chi connectivity index (χ0) is 15.9. The average molecular weight is 300 g/mol. The van der Waals surface area contributed by atoms with Gasteiger partial charge in [-0.15, -0.1) is 0 Å². The smallest absolute Gasteiger partial charge is 0.303 e. The minimum absolute atomic E-state index is 0.175. The molecule has 116 valence electrons. The highest BCUT2D eigenvalue weighted by atomic mass is 16.4. The zero-order valence-corrected chi connectivity index (χ0v) is 12.4. The number of hydrogen-bond donors (Lipinski definition) is 2. The highest BCUT2D eigenvalue weighted by molar-refractivity contribution is 5.88. The van der Waals surface area contributed by atoms with Gasteiger partial charge in [-0.25, -0.2) is 0 Å². The summed E-state index contributed by atoms with van der Waals surface area (Å²) < 4.78 is 0. The van der Waals surface area contributed by atoms with Crippen LogP contribution in [-0.4, -0.2) is 22.2 Å². The van der Waals surface area contributed by atoms with Crippen molar-refractivity contribution in [1.82, 2.24) is 0 Å². The van der Waals surface area contributed by atoms with Gasteiger partial charge in [0, 0.05) is 12.8 Å². The Labute approximate surface area is 129 Å². The van der Waals surface area contributed by atoms with E-state index in [0.29, 0.717) is 12.8 Å². The number of fused-ring (bicyclic) bond motifs is 1. The van der Waals surface area contributed by atoms with Crippen LogP contribution in [0.15, 0.2) is 36.4 Å². The van der Waals surface area contributed by atoms with Gasteiger partial charge in [-0.05, 0) is 47.6 Å². The molecule has 0 atom stereocenters. The lowest BCUT2D eigenvalue weighted by Gasteiger charge is -2.11. The molecule has 0 heterocycles. The van der Waals surface area contributed by atoms with Gasteiger partial charge in [0.1, 0.15) is 0 Å². The van der Waals surface area contributed by atoms with Crippen LogP contribution in [0.1, 0.15) is 36.8 Å². The number of benzene rings is 2. The molecule has 0 radical (unpaired) electrons. The summed E-state index contributed by atoms with van der Waals surface area (Å²) >= 11 is 0. The molecular formula is C18H20O4. The van der Waals surface area contributed by atoms with Crippen molar-refractivity contribution >= 4 is 22.7 Å². The summed E-state index contributed by atoms with van der Waals surface area (Å²) in [6, 6.07) is 12.1. The van der Waals surface area contributed by atoms with Gasteiger partial charge in [0.2, 0.25) is 0 Å². The van der Waals surface area contributed by atoms with E-state index < -0.39 is 11.9 Å². The first-order valence-corrected chi connectivity index (χ1v) is 7.51. The van der Waals surface area contributed by atoms with E-state index in [2.05, 4.69) is 0 Å². The standard InChI is InChI=1S/C18H20O4/c19-17(20)9-3-5-13-11-12-14(6-4-10-18(21)22)16-8-2-1-7-15(13)16/h1-2,7-8,11-12H,3-6,9-10H2,(H,19,20)(H,21,22). The number of aliphatic carboxylic acids is 2. The van der Waals surface area contributed by atoms with Crippen molar-refractivity contribution in [2.24, 2.45) is 0 Å². The first kappa shape index (κ1) is 16.0. The maximum atomic E-state index is 10.6. The maximum absolute atomic E-state index is 10.6. The van der Waals surface area contributed by atoms with Gasteiger partial charge in [-0.3, -0.25) is 9.59 Å². The Hall–Kier alpha value is -2.36. The maximum Gasteiger partial charge on any atom is 0.303 e. The topological polar surface area (TPSA) is 74.6 Å². The molecule has 0 fully saturated rings. The Balaban J connectivity index is 2.18. The Morgan fingerprint density at radius 2 is 1.14 bits per heavy atom. The molecule has 2 N–H and O–H groups in total. The van der Waals surface area contributed by atoms with Crippen LogP contribution in [0.5, 0.6) is 0 Å². The molecule has 2 rings (SSSR count). The van der Waals surface area contributed by atoms with E-state index in [0.717, 1.165) is 34.7 Å². The Kier molecular flexibility index (Phi) is 5.53. The summed E-state index contributed by atoms with van der Waals surface area (Å²) in [6.45, 7) is 0. The van der Waals surface area contributed by atoms with Gasteiger partial charge in [0.15, 0.2) is 0 Å². The minimum atomic E-state index is -0.769. The second-order valence-electron chi connectivity index (χ2n) is 5.42. The van der Waals surface area contributed by atoms with Gasteiger partial charge in [-0.1, -0.05) is 36.4 Å². The quantitative estimate of drug-likeness (QED) is 0.780. The van der Waals surface area contributed by atoms with E-state index in [-0.39, 0.29) is 12.8 Å². The SMILES string of the molecule is O=C(O)CCCc1ccc(CCCC(=O)O)c2ccccc12. The molecule has 0 spiro atoms. The lowest BCUT2D eigenvalue weighted by atomic mass is 9.94. The van der Waals surface area contributed by atoms with Crippen molar-refractivity contribution < 1.29 is 19.8 Å². The first-order valence-electron chi connectivity index (χ1n) is 7.51. The summed E-state index contributed by atoms with van der Waals surface area (Å²) in [5.41, 5.74) is 2.30. The molecular weight excluding hydrogens is 280 g/mol. The van der Waals surface area contributed by atoms with Crippen LogP contribution < -0.4 is 0 Å². The molecule has 4 heteroatoms. The van der Waals surface area contributed by atoms with Crippen LogP contribution in [0.25, 0.3) is 10.8 Å². The van der Waals surface area contributed by atoms with E-state index >= 15 is 0 Å². The third-order valence-electron chi connectivity index (χ3n) is 3.78. The van der Waals surface area contributed by atoms with Gasteiger partial charge >= 0.3 is 11.9 Å². The summed E-state index contributed by atoms with van der Waals surface area (Å²) in [5.74, 6) is -1.54. The van der Waals surface area contributed by atoms with Crippen LogP contribution in [0, 0.1) is 0 Å². The predicted octanol–water partition coefficient (Wildman–Crippen LogP) is 3.65. The molecule has 0 saturated heterocycles. The van der Waals surface area contributed by atoms with Crippen LogP contribution in [-0.2, 0) is 22.4 Å². The second-order valence-corrected chi connectivity index (χ2v) is 5.42. The molecule has 2 aromatic rings. The number of carbonyl (C=O) groups is 2. The Morgan fingerprint density at radius 1 is 0.727 bits per heavy atom. The fraction of sp³-hybridized carbons (Fsp3) is 0.333. The van der Waals surface area contributed by atoms with Gasteiger partial charge in [0.05, 0.1) is 0 Å². The van der Waals surface area contributed by atoms with Crippen LogP contribution in [0.2, 0.25) is 0 Å². The fourth-order valence-electron chi connectivity index (χ4n) is 2.72. The predicted molar refractivity (Wildman–Crippen MR) is 85.1 cm³/mol. The summed E-state index contributed by atoms with van der Waals surface area (Å²) in [4.78, 5) is 21.3. The van der Waals surface area contributed by atoms with Crippen molar-refractivity contribution in [3.05, 3.63) is 47.5 Å². The van der Waals surface area contributed by atoms with E-state index in [9.17, 15) is 9.59 Å². The van der Waals surface area contributed by atoms with E-state index in [1.54, 1.807) is 0 Å². The Morgan fingerprint density at radius 3 is 1.50 bits per heavy atom. The number of carboxylic acid groups (broad SMARTS) is 2. The summed E-state index contributed by atoms with van der Waals surface area (Å²) in [7, 11) is 0. The average Bonchev–Trinajstić information content (AvgIpc) is 2.48. The number of hydrogen-bond acceptors (Lipinski definition) is 2. The highest BCUT2D eigenvalue weighted by Crippen LogP contribution is 2.25. The normalized spacial score (nSPS) is 10.7. The van der Waals surface area contributed by atoms with Crippen molar-refractivity contribution in [2.75, 3.05) is 0 Å². The van der Waals surface area contributed by atoms with Crippen molar-refractivity contribution in [1.29, 1.82) is 0 Å². The number of aryl methyl sites for hydroxylation is 2. The molecule has 0 aliphatic rings. The summed E-state index contributed by atoms with van der Waals surface area (Å²) in [6.07, 6.45) is 3.07. The third kappa shape index (κ3) is 4.32. The molecule has 0 aromatic heterocycles. The zero-order valence-electron chi connectivity index (χ0n) is 12.4. The molecule has 0 bridgehead atoms. The van der Waals surface area contributed by atoms with Crippen molar-refractivity contribution in [2.45, 2.75) is 38.5 Å². The molecule has 0 saturated carbocycles. The van der Waals surface area contributed by atoms with Crippen LogP contribution >= 0.6 is 0 Å². The number of carboxylic acids is 2. The largest absolute Gasteiger partial charge is 0.481 e. The molecule has 0 aliphatic carbocycles. The lowest BCUT2D eigenvalue weighted by molar-refractivity contribution is -0.138. The fourth-order valence-corrected chi connectivity index (χ4v) is 2.72. The van der Waals surface area contributed by atoms with Crippen LogP contribution in [0.4, 0.5) is 0 Å². The molecule has 0 amide bonds. The monoisotopic (exact) mass is 300 g/mol. The highest BCUT2D eigenvalue weighted by Gasteiger charge is 2.07. The second kappa shape index (κ2) is 7.59. The first-order chi connectivity index (χ1) is 10.6. The lowest BCUT2D eigenvalue weighted by Crippen LogP contribution is -1.99. The van der Waals surface area contributed by atoms with Gasteiger partial charge in [-0.2, -0.15) is 0 Å². The van der Waals surface area contributed by atoms with E-state index in [4.69, 9.17) is 10.2 Å². The summed E-state index contributed by atoms with van der Waals surface area (Å²) in [5, 5.41) is 19.8. The number of rotatable bonds is 8. The molecule has 0 aliphatic heterocycles.